The van der Waals surface area contributed by atoms with Crippen molar-refractivity contribution < 1.29 is 13.2 Å². The van der Waals surface area contributed by atoms with Crippen LogP contribution in [0.5, 0.6) is 0 Å². The molecule has 3 nitrogen and oxygen atoms in total. The summed E-state index contributed by atoms with van der Waals surface area (Å²) in [6.07, 6.45) is 0.685. The van der Waals surface area contributed by atoms with Gasteiger partial charge < -0.3 is 0 Å². The number of Topliss-reactive ketones (excluding diaryl/α,β-unsaturated/α-hetero) is 1. The Balaban J connectivity index is 2.61. The third kappa shape index (κ3) is 5.08. The van der Waals surface area contributed by atoms with Gasteiger partial charge in [0.15, 0.2) is 5.78 Å². The predicted octanol–water partition coefficient (Wildman–Crippen LogP) is 3.38. The molecule has 0 atom stereocenters. The van der Waals surface area contributed by atoms with Gasteiger partial charge in [-0.2, -0.15) is 0 Å². The molecule has 0 amide bonds. The number of benzene rings is 1. The molecule has 1 aromatic carbocycles. The third-order valence-electron chi connectivity index (χ3n) is 3.37. The number of hydrogen-bond acceptors (Lipinski definition) is 3. The number of ketones is 1. The molecule has 112 valence electrons. The summed E-state index contributed by atoms with van der Waals surface area (Å²) < 4.78 is 22.7. The highest BCUT2D eigenvalue weighted by atomic mass is 32.2. The molecule has 0 aliphatic carbocycles. The van der Waals surface area contributed by atoms with Crippen molar-refractivity contribution in [3.05, 3.63) is 35.4 Å². The zero-order valence-electron chi connectivity index (χ0n) is 12.8. The average Bonchev–Trinajstić information content (AvgIpc) is 2.37. The molecule has 0 aliphatic heterocycles. The molecule has 0 saturated heterocycles. The Kier molecular flexibility index (Phi) is 5.51. The maximum atomic E-state index is 12.0. The Morgan fingerprint density at radius 3 is 2.10 bits per heavy atom. The van der Waals surface area contributed by atoms with Crippen LogP contribution < -0.4 is 0 Å². The van der Waals surface area contributed by atoms with E-state index in [2.05, 4.69) is 20.8 Å². The largest absolute Gasteiger partial charge is 0.294 e. The van der Waals surface area contributed by atoms with Crippen LogP contribution in [0.2, 0.25) is 0 Å². The zero-order valence-corrected chi connectivity index (χ0v) is 13.6. The fourth-order valence-electron chi connectivity index (χ4n) is 1.90. The van der Waals surface area contributed by atoms with Crippen molar-refractivity contribution >= 4 is 15.6 Å². The van der Waals surface area contributed by atoms with Gasteiger partial charge in [0, 0.05) is 17.7 Å². The van der Waals surface area contributed by atoms with Gasteiger partial charge in [-0.05, 0) is 17.4 Å². The Hall–Kier alpha value is -1.16. The van der Waals surface area contributed by atoms with Gasteiger partial charge in [-0.25, -0.2) is 8.42 Å². The highest BCUT2D eigenvalue weighted by Crippen LogP contribution is 2.22. The summed E-state index contributed by atoms with van der Waals surface area (Å²) in [5.74, 6) is 0.244. The summed E-state index contributed by atoms with van der Waals surface area (Å²) >= 11 is 0. The number of carbonyl (C=O) groups is 1. The smallest absolute Gasteiger partial charge is 0.162 e. The minimum atomic E-state index is -2.98. The monoisotopic (exact) mass is 296 g/mol. The lowest BCUT2D eigenvalue weighted by molar-refractivity contribution is 0.0982. The Bertz CT molecular complexity index is 548. The third-order valence-corrected chi connectivity index (χ3v) is 5.16. The van der Waals surface area contributed by atoms with Crippen molar-refractivity contribution in [1.29, 1.82) is 0 Å². The van der Waals surface area contributed by atoms with Crippen molar-refractivity contribution in [2.45, 2.75) is 46.0 Å². The van der Waals surface area contributed by atoms with E-state index in [9.17, 15) is 13.2 Å². The van der Waals surface area contributed by atoms with Crippen LogP contribution in [0.15, 0.2) is 24.3 Å². The van der Waals surface area contributed by atoms with Crippen molar-refractivity contribution in [2.24, 2.45) is 0 Å². The number of hydrogen-bond donors (Lipinski definition) is 0. The normalized spacial score (nSPS) is 12.4. The molecule has 0 unspecified atom stereocenters. The molecular formula is C16H24O3S. The van der Waals surface area contributed by atoms with Crippen LogP contribution >= 0.6 is 0 Å². The molecule has 0 bridgehead atoms. The quantitative estimate of drug-likeness (QED) is 0.756. The molecule has 0 aliphatic rings. The second kappa shape index (κ2) is 6.53. The summed E-state index contributed by atoms with van der Waals surface area (Å²) in [6, 6.07) is 7.60. The van der Waals surface area contributed by atoms with E-state index in [0.717, 1.165) is 0 Å². The standard InChI is InChI=1S/C16H24O3S/c1-5-20(18,19)12-6-7-15(17)13-8-10-14(11-9-13)16(2,3)4/h8-11H,5-7,12H2,1-4H3. The lowest BCUT2D eigenvalue weighted by atomic mass is 9.86. The SMILES string of the molecule is CCS(=O)(=O)CCCC(=O)c1ccc(C(C)(C)C)cc1. The van der Waals surface area contributed by atoms with Gasteiger partial charge in [-0.3, -0.25) is 4.79 Å². The van der Waals surface area contributed by atoms with E-state index < -0.39 is 9.84 Å². The second-order valence-corrected chi connectivity index (χ2v) is 8.56. The van der Waals surface area contributed by atoms with Gasteiger partial charge in [0.25, 0.3) is 0 Å². The van der Waals surface area contributed by atoms with Crippen LogP contribution in [0.25, 0.3) is 0 Å². The summed E-state index contributed by atoms with van der Waals surface area (Å²) in [4.78, 5) is 12.0. The summed E-state index contributed by atoms with van der Waals surface area (Å²) in [5.41, 5.74) is 1.91. The van der Waals surface area contributed by atoms with Crippen LogP contribution in [0.1, 0.15) is 56.5 Å². The highest BCUT2D eigenvalue weighted by molar-refractivity contribution is 7.91. The van der Waals surface area contributed by atoms with E-state index in [1.165, 1.54) is 5.56 Å². The van der Waals surface area contributed by atoms with Crippen molar-refractivity contribution in [1.82, 2.24) is 0 Å². The first kappa shape index (κ1) is 16.9. The molecule has 0 spiro atoms. The molecule has 4 heteroatoms. The molecule has 1 rings (SSSR count). The Morgan fingerprint density at radius 1 is 1.10 bits per heavy atom. The molecular weight excluding hydrogens is 272 g/mol. The topological polar surface area (TPSA) is 51.2 Å². The second-order valence-electron chi connectivity index (χ2n) is 6.09. The lowest BCUT2D eigenvalue weighted by Crippen LogP contribution is -2.12. The van der Waals surface area contributed by atoms with Crippen molar-refractivity contribution in [3.63, 3.8) is 0 Å². The van der Waals surface area contributed by atoms with Crippen molar-refractivity contribution in [2.75, 3.05) is 11.5 Å². The molecule has 0 radical (unpaired) electrons. The van der Waals surface area contributed by atoms with Gasteiger partial charge in [-0.1, -0.05) is 52.0 Å². The first-order valence-corrected chi connectivity index (χ1v) is 8.82. The van der Waals surface area contributed by atoms with Crippen LogP contribution in [-0.4, -0.2) is 25.7 Å². The van der Waals surface area contributed by atoms with Gasteiger partial charge in [-0.15, -0.1) is 0 Å². The average molecular weight is 296 g/mol. The first-order valence-electron chi connectivity index (χ1n) is 7.00. The van der Waals surface area contributed by atoms with Gasteiger partial charge in [0.05, 0.1) is 5.75 Å². The van der Waals surface area contributed by atoms with Crippen LogP contribution in [0, 0.1) is 0 Å². The molecule has 0 fully saturated rings. The van der Waals surface area contributed by atoms with Crippen LogP contribution in [0.3, 0.4) is 0 Å². The minimum Gasteiger partial charge on any atom is -0.294 e. The van der Waals surface area contributed by atoms with E-state index in [1.807, 2.05) is 24.3 Å². The fraction of sp³-hybridized carbons (Fsp3) is 0.562. The number of sulfone groups is 1. The van der Waals surface area contributed by atoms with E-state index >= 15 is 0 Å². The molecule has 0 saturated carbocycles. The first-order chi connectivity index (χ1) is 9.15. The van der Waals surface area contributed by atoms with E-state index in [1.54, 1.807) is 6.92 Å². The van der Waals surface area contributed by atoms with E-state index in [4.69, 9.17) is 0 Å². The predicted molar refractivity (Wildman–Crippen MR) is 83.0 cm³/mol. The van der Waals surface area contributed by atoms with Gasteiger partial charge >= 0.3 is 0 Å². The maximum absolute atomic E-state index is 12.0. The molecule has 0 aromatic heterocycles. The molecule has 0 heterocycles. The lowest BCUT2D eigenvalue weighted by Gasteiger charge is -2.18. The fourth-order valence-corrected chi connectivity index (χ4v) is 2.77. The van der Waals surface area contributed by atoms with E-state index in [-0.39, 0.29) is 29.1 Å². The summed E-state index contributed by atoms with van der Waals surface area (Å²) in [6.45, 7) is 8.00. The molecule has 1 aromatic rings. The minimum absolute atomic E-state index is 0.0109. The summed E-state index contributed by atoms with van der Waals surface area (Å²) in [7, 11) is -2.98. The number of rotatable bonds is 6. The number of carbonyl (C=O) groups excluding carboxylic acids is 1. The zero-order chi connectivity index (χ0) is 15.4. The van der Waals surface area contributed by atoms with Gasteiger partial charge in [0.2, 0.25) is 0 Å². The van der Waals surface area contributed by atoms with Crippen LogP contribution in [-0.2, 0) is 15.3 Å². The summed E-state index contributed by atoms with van der Waals surface area (Å²) in [5, 5.41) is 0. The Morgan fingerprint density at radius 2 is 1.65 bits per heavy atom. The van der Waals surface area contributed by atoms with Crippen LogP contribution in [0.4, 0.5) is 0 Å². The highest BCUT2D eigenvalue weighted by Gasteiger charge is 2.15. The molecule has 0 N–H and O–H groups in total. The maximum Gasteiger partial charge on any atom is 0.162 e. The Labute approximate surface area is 122 Å². The molecule has 20 heavy (non-hydrogen) atoms. The van der Waals surface area contributed by atoms with E-state index in [0.29, 0.717) is 12.0 Å². The van der Waals surface area contributed by atoms with Crippen molar-refractivity contribution in [3.8, 4) is 0 Å². The van der Waals surface area contributed by atoms with Gasteiger partial charge in [0.1, 0.15) is 9.84 Å².